The first-order valence-electron chi connectivity index (χ1n) is 5.10. The number of hydrogen-bond donors (Lipinski definition) is 1. The average molecular weight is 240 g/mol. The van der Waals surface area contributed by atoms with Crippen molar-refractivity contribution in [3.63, 3.8) is 0 Å². The molecule has 0 aliphatic heterocycles. The molecule has 1 aromatic carbocycles. The van der Waals surface area contributed by atoms with Gasteiger partial charge in [-0.2, -0.15) is 0 Å². The maximum absolute atomic E-state index is 10.4. The zero-order chi connectivity index (χ0) is 12.0. The molecular weight excluding hydrogens is 224 g/mol. The summed E-state index contributed by atoms with van der Waals surface area (Å²) in [5.41, 5.74) is 1.16. The van der Waals surface area contributed by atoms with Gasteiger partial charge in [0.05, 0.1) is 12.0 Å². The summed E-state index contributed by atoms with van der Waals surface area (Å²) in [6, 6.07) is 5.89. The molecule has 0 aromatic heterocycles. The van der Waals surface area contributed by atoms with E-state index in [-0.39, 0.29) is 6.42 Å². The number of aliphatic carboxylic acids is 1. The number of benzene rings is 1. The SMILES string of the molecule is COc1cccc(CCCC(=O)O)c1SC. The lowest BCUT2D eigenvalue weighted by Gasteiger charge is -2.11. The van der Waals surface area contributed by atoms with Crippen LogP contribution in [0, 0.1) is 0 Å². The normalized spacial score (nSPS) is 10.1. The second-order valence-corrected chi connectivity index (χ2v) is 4.22. The number of carboxylic acid groups (broad SMARTS) is 1. The summed E-state index contributed by atoms with van der Waals surface area (Å²) >= 11 is 1.63. The fourth-order valence-electron chi connectivity index (χ4n) is 1.58. The van der Waals surface area contributed by atoms with Crippen molar-refractivity contribution in [2.24, 2.45) is 0 Å². The van der Waals surface area contributed by atoms with Crippen LogP contribution < -0.4 is 4.74 Å². The highest BCUT2D eigenvalue weighted by molar-refractivity contribution is 7.98. The first-order chi connectivity index (χ1) is 7.69. The fourth-order valence-corrected chi connectivity index (χ4v) is 2.37. The van der Waals surface area contributed by atoms with Crippen LogP contribution in [0.25, 0.3) is 0 Å². The van der Waals surface area contributed by atoms with Crippen molar-refractivity contribution in [2.45, 2.75) is 24.2 Å². The van der Waals surface area contributed by atoms with Crippen LogP contribution in [0.5, 0.6) is 5.75 Å². The second-order valence-electron chi connectivity index (χ2n) is 3.40. The molecule has 0 aliphatic carbocycles. The molecule has 0 fully saturated rings. The number of rotatable bonds is 6. The number of ether oxygens (including phenoxy) is 1. The lowest BCUT2D eigenvalue weighted by molar-refractivity contribution is -0.137. The van der Waals surface area contributed by atoms with Gasteiger partial charge in [0.1, 0.15) is 5.75 Å². The molecule has 0 amide bonds. The largest absolute Gasteiger partial charge is 0.496 e. The smallest absolute Gasteiger partial charge is 0.303 e. The van der Waals surface area contributed by atoms with E-state index in [0.717, 1.165) is 22.6 Å². The van der Waals surface area contributed by atoms with Crippen molar-refractivity contribution >= 4 is 17.7 Å². The van der Waals surface area contributed by atoms with Crippen LogP contribution in [0.1, 0.15) is 18.4 Å². The van der Waals surface area contributed by atoms with Crippen molar-refractivity contribution in [1.29, 1.82) is 0 Å². The van der Waals surface area contributed by atoms with Crippen LogP contribution in [0.15, 0.2) is 23.1 Å². The third kappa shape index (κ3) is 3.45. The van der Waals surface area contributed by atoms with Gasteiger partial charge in [-0.05, 0) is 30.7 Å². The Morgan fingerprint density at radius 1 is 1.50 bits per heavy atom. The number of carbonyl (C=O) groups is 1. The van der Waals surface area contributed by atoms with Crippen molar-refractivity contribution < 1.29 is 14.6 Å². The lowest BCUT2D eigenvalue weighted by atomic mass is 10.1. The Morgan fingerprint density at radius 2 is 2.25 bits per heavy atom. The summed E-state index contributed by atoms with van der Waals surface area (Å²) < 4.78 is 5.27. The zero-order valence-electron chi connectivity index (χ0n) is 9.53. The molecular formula is C12H16O3S. The van der Waals surface area contributed by atoms with Gasteiger partial charge in [-0.25, -0.2) is 0 Å². The highest BCUT2D eigenvalue weighted by Gasteiger charge is 2.08. The molecule has 0 radical (unpaired) electrons. The van der Waals surface area contributed by atoms with Gasteiger partial charge in [0.2, 0.25) is 0 Å². The van der Waals surface area contributed by atoms with Crippen LogP contribution >= 0.6 is 11.8 Å². The van der Waals surface area contributed by atoms with Gasteiger partial charge in [-0.1, -0.05) is 12.1 Å². The molecule has 0 atom stereocenters. The molecule has 0 spiro atoms. The summed E-state index contributed by atoms with van der Waals surface area (Å²) in [5.74, 6) is 0.119. The second kappa shape index (κ2) is 6.43. The molecule has 0 saturated carbocycles. The molecule has 3 nitrogen and oxygen atoms in total. The van der Waals surface area contributed by atoms with Crippen molar-refractivity contribution in [2.75, 3.05) is 13.4 Å². The monoisotopic (exact) mass is 240 g/mol. The van der Waals surface area contributed by atoms with Gasteiger partial charge in [-0.15, -0.1) is 11.8 Å². The van der Waals surface area contributed by atoms with E-state index in [1.807, 2.05) is 24.5 Å². The number of thioether (sulfide) groups is 1. The molecule has 0 heterocycles. The van der Waals surface area contributed by atoms with E-state index in [2.05, 4.69) is 0 Å². The fraction of sp³-hybridized carbons (Fsp3) is 0.417. The molecule has 0 saturated heterocycles. The Kier molecular flexibility index (Phi) is 5.19. The third-order valence-electron chi connectivity index (χ3n) is 2.32. The lowest BCUT2D eigenvalue weighted by Crippen LogP contribution is -1.97. The van der Waals surface area contributed by atoms with Crippen molar-refractivity contribution in [1.82, 2.24) is 0 Å². The van der Waals surface area contributed by atoms with Crippen LogP contribution in [-0.2, 0) is 11.2 Å². The highest BCUT2D eigenvalue weighted by atomic mass is 32.2. The van der Waals surface area contributed by atoms with Gasteiger partial charge in [-0.3, -0.25) is 4.79 Å². The Labute approximate surface area is 99.8 Å². The number of carboxylic acids is 1. The van der Waals surface area contributed by atoms with E-state index in [0.29, 0.717) is 6.42 Å². The van der Waals surface area contributed by atoms with Crippen LogP contribution in [0.2, 0.25) is 0 Å². The quantitative estimate of drug-likeness (QED) is 0.777. The summed E-state index contributed by atoms with van der Waals surface area (Å²) in [4.78, 5) is 11.5. The van der Waals surface area contributed by atoms with E-state index < -0.39 is 5.97 Å². The molecule has 1 N–H and O–H groups in total. The number of methoxy groups -OCH3 is 1. The molecule has 88 valence electrons. The average Bonchev–Trinajstić information content (AvgIpc) is 2.28. The summed E-state index contributed by atoms with van der Waals surface area (Å²) in [7, 11) is 1.65. The van der Waals surface area contributed by atoms with Crippen molar-refractivity contribution in [3.05, 3.63) is 23.8 Å². The minimum atomic E-state index is -0.742. The van der Waals surface area contributed by atoms with Crippen molar-refractivity contribution in [3.8, 4) is 5.75 Å². The van der Waals surface area contributed by atoms with E-state index in [1.165, 1.54) is 0 Å². The molecule has 4 heteroatoms. The summed E-state index contributed by atoms with van der Waals surface area (Å²) in [6.07, 6.45) is 3.65. The maximum Gasteiger partial charge on any atom is 0.303 e. The molecule has 1 aromatic rings. The number of aryl methyl sites for hydroxylation is 1. The van der Waals surface area contributed by atoms with E-state index >= 15 is 0 Å². The van der Waals surface area contributed by atoms with Crippen LogP contribution in [0.3, 0.4) is 0 Å². The van der Waals surface area contributed by atoms with Gasteiger partial charge in [0.25, 0.3) is 0 Å². The molecule has 0 bridgehead atoms. The molecule has 16 heavy (non-hydrogen) atoms. The first-order valence-corrected chi connectivity index (χ1v) is 6.33. The summed E-state index contributed by atoms with van der Waals surface area (Å²) in [5, 5.41) is 8.59. The molecule has 1 rings (SSSR count). The third-order valence-corrected chi connectivity index (χ3v) is 3.19. The van der Waals surface area contributed by atoms with Gasteiger partial charge >= 0.3 is 5.97 Å². The Morgan fingerprint density at radius 3 is 2.81 bits per heavy atom. The molecule has 0 unspecified atom stereocenters. The Bertz CT molecular complexity index is 363. The predicted molar refractivity (Wildman–Crippen MR) is 65.3 cm³/mol. The number of hydrogen-bond acceptors (Lipinski definition) is 3. The van der Waals surface area contributed by atoms with Gasteiger partial charge in [0.15, 0.2) is 0 Å². The van der Waals surface area contributed by atoms with Crippen LogP contribution in [-0.4, -0.2) is 24.4 Å². The van der Waals surface area contributed by atoms with Gasteiger partial charge in [0, 0.05) is 6.42 Å². The van der Waals surface area contributed by atoms with Crippen LogP contribution in [0.4, 0.5) is 0 Å². The minimum absolute atomic E-state index is 0.213. The first kappa shape index (κ1) is 12.9. The maximum atomic E-state index is 10.4. The topological polar surface area (TPSA) is 46.5 Å². The van der Waals surface area contributed by atoms with E-state index in [1.54, 1.807) is 18.9 Å². The minimum Gasteiger partial charge on any atom is -0.496 e. The summed E-state index contributed by atoms with van der Waals surface area (Å²) in [6.45, 7) is 0. The van der Waals surface area contributed by atoms with E-state index in [4.69, 9.17) is 9.84 Å². The Balaban J connectivity index is 2.74. The van der Waals surface area contributed by atoms with E-state index in [9.17, 15) is 4.79 Å². The predicted octanol–water partition coefficient (Wildman–Crippen LogP) is 2.82. The highest BCUT2D eigenvalue weighted by Crippen LogP contribution is 2.31. The standard InChI is InChI=1S/C12H16O3S/c1-15-10-7-3-5-9(12(10)16-2)6-4-8-11(13)14/h3,5,7H,4,6,8H2,1-2H3,(H,13,14). The van der Waals surface area contributed by atoms with Gasteiger partial charge < -0.3 is 9.84 Å². The Hall–Kier alpha value is -1.16. The molecule has 0 aliphatic rings. The zero-order valence-corrected chi connectivity index (χ0v) is 10.3.